The van der Waals surface area contributed by atoms with Gasteiger partial charge in [-0.05, 0) is 38.0 Å². The second-order valence-corrected chi connectivity index (χ2v) is 5.72. The van der Waals surface area contributed by atoms with Gasteiger partial charge in [-0.3, -0.25) is 0 Å². The summed E-state index contributed by atoms with van der Waals surface area (Å²) < 4.78 is 1.03. The topological polar surface area (TPSA) is 61.4 Å². The molecule has 0 aromatic heterocycles. The average molecular weight is 315 g/mol. The Morgan fingerprint density at radius 1 is 1.44 bits per heavy atom. The van der Waals surface area contributed by atoms with Crippen molar-refractivity contribution in [3.63, 3.8) is 0 Å². The zero-order valence-corrected chi connectivity index (χ0v) is 12.3. The van der Waals surface area contributed by atoms with Crippen molar-refractivity contribution in [1.82, 2.24) is 10.6 Å². The van der Waals surface area contributed by atoms with Gasteiger partial charge in [-0.2, -0.15) is 0 Å². The lowest BCUT2D eigenvalue weighted by atomic mass is 10.1. The number of carbonyl (C=O) groups is 1. The molecule has 1 rings (SSSR count). The molecule has 0 atom stereocenters. The fourth-order valence-electron chi connectivity index (χ4n) is 1.40. The van der Waals surface area contributed by atoms with Crippen LogP contribution in [0, 0.1) is 0 Å². The molecule has 1 aromatic carbocycles. The summed E-state index contributed by atoms with van der Waals surface area (Å²) in [7, 11) is 0. The maximum Gasteiger partial charge on any atom is 0.315 e. The number of urea groups is 1. The van der Waals surface area contributed by atoms with Gasteiger partial charge < -0.3 is 15.7 Å². The second-order valence-electron chi connectivity index (χ2n) is 4.80. The molecule has 4 nitrogen and oxygen atoms in total. The molecule has 0 aliphatic carbocycles. The molecule has 18 heavy (non-hydrogen) atoms. The molecule has 0 radical (unpaired) electrons. The van der Waals surface area contributed by atoms with Crippen molar-refractivity contribution in [2.24, 2.45) is 0 Å². The van der Waals surface area contributed by atoms with E-state index in [9.17, 15) is 4.79 Å². The van der Waals surface area contributed by atoms with Crippen LogP contribution >= 0.6 is 15.9 Å². The molecule has 0 unspecified atom stereocenters. The Bertz CT molecular complexity index is 408. The standard InChI is InChI=1S/C13H19BrN2O2/c1-13(2,9-17)16-12(18)15-7-6-10-4-3-5-11(14)8-10/h3-5,8,17H,6-7,9H2,1-2H3,(H2,15,16,18). The number of halogens is 1. The van der Waals surface area contributed by atoms with Gasteiger partial charge in [-0.1, -0.05) is 28.1 Å². The van der Waals surface area contributed by atoms with Crippen LogP contribution in [0.3, 0.4) is 0 Å². The van der Waals surface area contributed by atoms with Crippen LogP contribution in [0.2, 0.25) is 0 Å². The summed E-state index contributed by atoms with van der Waals surface area (Å²) in [5.41, 5.74) is 0.561. The van der Waals surface area contributed by atoms with E-state index in [0.29, 0.717) is 6.54 Å². The number of aliphatic hydroxyl groups excluding tert-OH is 1. The molecular weight excluding hydrogens is 296 g/mol. The van der Waals surface area contributed by atoms with Crippen LogP contribution in [0.25, 0.3) is 0 Å². The average Bonchev–Trinajstić information content (AvgIpc) is 2.28. The highest BCUT2D eigenvalue weighted by molar-refractivity contribution is 9.10. The first-order valence-corrected chi connectivity index (χ1v) is 6.63. The molecule has 0 saturated carbocycles. The minimum Gasteiger partial charge on any atom is -0.394 e. The fraction of sp³-hybridized carbons (Fsp3) is 0.462. The minimum absolute atomic E-state index is 0.0912. The lowest BCUT2D eigenvalue weighted by Crippen LogP contribution is -2.50. The normalized spacial score (nSPS) is 11.1. The monoisotopic (exact) mass is 314 g/mol. The van der Waals surface area contributed by atoms with Crippen LogP contribution in [0.5, 0.6) is 0 Å². The Balaban J connectivity index is 2.32. The predicted molar refractivity (Wildman–Crippen MR) is 75.5 cm³/mol. The zero-order chi connectivity index (χ0) is 13.6. The Kier molecular flexibility index (Phi) is 5.62. The van der Waals surface area contributed by atoms with Crippen LogP contribution in [-0.2, 0) is 6.42 Å². The molecule has 0 saturated heterocycles. The number of aliphatic hydroxyl groups is 1. The summed E-state index contributed by atoms with van der Waals surface area (Å²) in [5, 5.41) is 14.5. The van der Waals surface area contributed by atoms with E-state index in [1.807, 2.05) is 24.3 Å². The van der Waals surface area contributed by atoms with Crippen molar-refractivity contribution < 1.29 is 9.90 Å². The number of hydrogen-bond acceptors (Lipinski definition) is 2. The highest BCUT2D eigenvalue weighted by Crippen LogP contribution is 2.11. The maximum absolute atomic E-state index is 11.5. The highest BCUT2D eigenvalue weighted by atomic mass is 79.9. The summed E-state index contributed by atoms with van der Waals surface area (Å²) in [4.78, 5) is 11.5. The molecule has 0 heterocycles. The van der Waals surface area contributed by atoms with Gasteiger partial charge in [-0.25, -0.2) is 4.79 Å². The van der Waals surface area contributed by atoms with Gasteiger partial charge in [0, 0.05) is 11.0 Å². The van der Waals surface area contributed by atoms with Crippen molar-refractivity contribution in [1.29, 1.82) is 0 Å². The van der Waals surface area contributed by atoms with Crippen LogP contribution in [0.15, 0.2) is 28.7 Å². The van der Waals surface area contributed by atoms with Crippen molar-refractivity contribution in [2.75, 3.05) is 13.2 Å². The highest BCUT2D eigenvalue weighted by Gasteiger charge is 2.18. The molecule has 3 N–H and O–H groups in total. The Morgan fingerprint density at radius 3 is 2.78 bits per heavy atom. The van der Waals surface area contributed by atoms with E-state index in [1.54, 1.807) is 13.8 Å². The first-order chi connectivity index (χ1) is 8.43. The van der Waals surface area contributed by atoms with Crippen molar-refractivity contribution in [3.8, 4) is 0 Å². The third-order valence-electron chi connectivity index (χ3n) is 2.44. The van der Waals surface area contributed by atoms with E-state index in [4.69, 9.17) is 5.11 Å². The Hall–Kier alpha value is -1.07. The molecule has 0 fully saturated rings. The number of carbonyl (C=O) groups excluding carboxylic acids is 1. The van der Waals surface area contributed by atoms with Gasteiger partial charge >= 0.3 is 6.03 Å². The van der Waals surface area contributed by atoms with Crippen LogP contribution in [0.4, 0.5) is 4.79 Å². The molecule has 0 aliphatic rings. The molecule has 2 amide bonds. The molecule has 0 bridgehead atoms. The molecule has 5 heteroatoms. The molecule has 1 aromatic rings. The number of hydrogen-bond donors (Lipinski definition) is 3. The van der Waals surface area contributed by atoms with E-state index >= 15 is 0 Å². The summed E-state index contributed by atoms with van der Waals surface area (Å²) in [5.74, 6) is 0. The third-order valence-corrected chi connectivity index (χ3v) is 2.93. The minimum atomic E-state index is -0.597. The van der Waals surface area contributed by atoms with Crippen molar-refractivity contribution >= 4 is 22.0 Å². The third kappa shape index (κ3) is 5.51. The number of benzene rings is 1. The maximum atomic E-state index is 11.5. The zero-order valence-electron chi connectivity index (χ0n) is 10.7. The summed E-state index contributed by atoms with van der Waals surface area (Å²) in [6.45, 7) is 4.00. The molecule has 0 aliphatic heterocycles. The van der Waals surface area contributed by atoms with E-state index in [1.165, 1.54) is 0 Å². The molecule has 0 spiro atoms. The number of rotatable bonds is 5. The van der Waals surface area contributed by atoms with Crippen LogP contribution in [0.1, 0.15) is 19.4 Å². The van der Waals surface area contributed by atoms with Crippen LogP contribution < -0.4 is 10.6 Å². The number of nitrogens with one attached hydrogen (secondary N) is 2. The lowest BCUT2D eigenvalue weighted by Gasteiger charge is -2.23. The summed E-state index contributed by atoms with van der Waals surface area (Å²) >= 11 is 3.40. The largest absolute Gasteiger partial charge is 0.394 e. The first kappa shape index (κ1) is 15.0. The van der Waals surface area contributed by atoms with Gasteiger partial charge in [0.05, 0.1) is 12.1 Å². The Labute approximate surface area is 116 Å². The summed E-state index contributed by atoms with van der Waals surface area (Å²) in [6.07, 6.45) is 0.770. The van der Waals surface area contributed by atoms with Gasteiger partial charge in [0.2, 0.25) is 0 Å². The number of amides is 2. The van der Waals surface area contributed by atoms with Gasteiger partial charge in [0.25, 0.3) is 0 Å². The molecular formula is C13H19BrN2O2. The molecule has 100 valence electrons. The Morgan fingerprint density at radius 2 is 2.17 bits per heavy atom. The van der Waals surface area contributed by atoms with E-state index in [2.05, 4.69) is 26.6 Å². The summed E-state index contributed by atoms with van der Waals surface area (Å²) in [6, 6.07) is 7.71. The van der Waals surface area contributed by atoms with Crippen LogP contribution in [-0.4, -0.2) is 29.8 Å². The smallest absolute Gasteiger partial charge is 0.315 e. The SMILES string of the molecule is CC(C)(CO)NC(=O)NCCc1cccc(Br)c1. The van der Waals surface area contributed by atoms with Crippen molar-refractivity contribution in [2.45, 2.75) is 25.8 Å². The van der Waals surface area contributed by atoms with E-state index in [-0.39, 0.29) is 12.6 Å². The van der Waals surface area contributed by atoms with E-state index < -0.39 is 5.54 Å². The second kappa shape index (κ2) is 6.75. The van der Waals surface area contributed by atoms with Gasteiger partial charge in [0.1, 0.15) is 0 Å². The lowest BCUT2D eigenvalue weighted by molar-refractivity contribution is 0.182. The van der Waals surface area contributed by atoms with Gasteiger partial charge in [-0.15, -0.1) is 0 Å². The predicted octanol–water partition coefficient (Wildman–Crippen LogP) is 2.06. The van der Waals surface area contributed by atoms with Gasteiger partial charge in [0.15, 0.2) is 0 Å². The fourth-order valence-corrected chi connectivity index (χ4v) is 1.85. The first-order valence-electron chi connectivity index (χ1n) is 5.84. The van der Waals surface area contributed by atoms with E-state index in [0.717, 1.165) is 16.5 Å². The van der Waals surface area contributed by atoms with Crippen molar-refractivity contribution in [3.05, 3.63) is 34.3 Å². The quantitative estimate of drug-likeness (QED) is 0.779.